The van der Waals surface area contributed by atoms with E-state index >= 15 is 0 Å². The quantitative estimate of drug-likeness (QED) is 0.181. The maximum absolute atomic E-state index is 12.2. The molecule has 2 N–H and O–H groups in total. The van der Waals surface area contributed by atoms with E-state index in [1.54, 1.807) is 30.3 Å². The summed E-state index contributed by atoms with van der Waals surface area (Å²) in [5.74, 6) is -2.27. The highest BCUT2D eigenvalue weighted by Gasteiger charge is 2.41. The van der Waals surface area contributed by atoms with Gasteiger partial charge in [-0.25, -0.2) is 0 Å². The molecular formula is C21H19N3O8. The molecule has 1 saturated heterocycles. The van der Waals surface area contributed by atoms with Crippen molar-refractivity contribution < 1.29 is 33.6 Å². The van der Waals surface area contributed by atoms with Crippen molar-refractivity contribution in [3.05, 3.63) is 75.8 Å². The predicted octanol–water partition coefficient (Wildman–Crippen LogP) is 0.868. The number of nitro benzene ring substituents is 1. The zero-order valence-electron chi connectivity index (χ0n) is 16.7. The van der Waals surface area contributed by atoms with Gasteiger partial charge in [-0.05, 0) is 29.8 Å². The lowest BCUT2D eigenvalue weighted by Gasteiger charge is -2.36. The van der Waals surface area contributed by atoms with Gasteiger partial charge in [0.2, 0.25) is 5.91 Å². The lowest BCUT2D eigenvalue weighted by Crippen LogP contribution is -2.70. The number of Topliss-reactive ketones (excluding diaryl/α,β-unsaturated/α-hetero) is 1. The molecule has 11 heteroatoms. The number of benzene rings is 2. The molecule has 1 heterocycles. The van der Waals surface area contributed by atoms with Gasteiger partial charge in [-0.3, -0.25) is 29.3 Å². The van der Waals surface area contributed by atoms with E-state index < -0.39 is 53.8 Å². The SMILES string of the molecule is O=C(CO[C@H]1NC(=O)[C@@H]1NC(=O)c1ccccc1)CC(=O)OCc1ccc([N+](=O)[O-])cc1. The Morgan fingerprint density at radius 1 is 1.06 bits per heavy atom. The number of nitrogens with zero attached hydrogens (tertiary/aromatic N) is 1. The Bertz CT molecular complexity index is 1020. The molecule has 11 nitrogen and oxygen atoms in total. The first-order valence-corrected chi connectivity index (χ1v) is 9.52. The Morgan fingerprint density at radius 2 is 1.75 bits per heavy atom. The lowest BCUT2D eigenvalue weighted by atomic mass is 10.1. The summed E-state index contributed by atoms with van der Waals surface area (Å²) < 4.78 is 10.3. The third kappa shape index (κ3) is 5.95. The van der Waals surface area contributed by atoms with E-state index in [2.05, 4.69) is 10.6 Å². The molecule has 2 aromatic rings. The van der Waals surface area contributed by atoms with Crippen molar-refractivity contribution in [2.75, 3.05) is 6.61 Å². The fraction of sp³-hybridized carbons (Fsp3) is 0.238. The number of amides is 2. The Labute approximate surface area is 181 Å². The topological polar surface area (TPSA) is 154 Å². The van der Waals surface area contributed by atoms with E-state index in [9.17, 15) is 29.3 Å². The van der Waals surface area contributed by atoms with Crippen LogP contribution in [-0.2, 0) is 30.5 Å². The van der Waals surface area contributed by atoms with Crippen molar-refractivity contribution >= 4 is 29.3 Å². The van der Waals surface area contributed by atoms with Crippen molar-refractivity contribution in [3.63, 3.8) is 0 Å². The van der Waals surface area contributed by atoms with E-state index in [0.717, 1.165) is 0 Å². The van der Waals surface area contributed by atoms with Crippen LogP contribution in [-0.4, -0.2) is 47.4 Å². The largest absolute Gasteiger partial charge is 0.460 e. The highest BCUT2D eigenvalue weighted by Crippen LogP contribution is 2.13. The van der Waals surface area contributed by atoms with Crippen LogP contribution >= 0.6 is 0 Å². The van der Waals surface area contributed by atoms with Crippen molar-refractivity contribution in [2.24, 2.45) is 0 Å². The number of non-ortho nitro benzene ring substituents is 1. The number of nitro groups is 1. The highest BCUT2D eigenvalue weighted by atomic mass is 16.6. The van der Waals surface area contributed by atoms with Crippen LogP contribution in [0.5, 0.6) is 0 Å². The summed E-state index contributed by atoms with van der Waals surface area (Å²) >= 11 is 0. The molecule has 0 aromatic heterocycles. The molecule has 0 spiro atoms. The smallest absolute Gasteiger partial charge is 0.313 e. The molecule has 0 aliphatic carbocycles. The van der Waals surface area contributed by atoms with Crippen LogP contribution in [0.1, 0.15) is 22.3 Å². The van der Waals surface area contributed by atoms with E-state index in [4.69, 9.17) is 9.47 Å². The number of carbonyl (C=O) groups excluding carboxylic acids is 4. The molecule has 0 radical (unpaired) electrons. The third-order valence-electron chi connectivity index (χ3n) is 4.50. The van der Waals surface area contributed by atoms with Crippen molar-refractivity contribution in [2.45, 2.75) is 25.3 Å². The van der Waals surface area contributed by atoms with Gasteiger partial charge in [-0.2, -0.15) is 0 Å². The van der Waals surface area contributed by atoms with Gasteiger partial charge < -0.3 is 20.1 Å². The number of esters is 1. The average Bonchev–Trinajstić information content (AvgIpc) is 2.79. The molecule has 0 unspecified atom stereocenters. The first-order chi connectivity index (χ1) is 15.3. The van der Waals surface area contributed by atoms with Gasteiger partial charge in [0.25, 0.3) is 11.6 Å². The fourth-order valence-electron chi connectivity index (χ4n) is 2.77. The summed E-state index contributed by atoms with van der Waals surface area (Å²) in [5.41, 5.74) is 0.813. The van der Waals surface area contributed by atoms with Gasteiger partial charge in [0.05, 0.1) is 4.92 Å². The van der Waals surface area contributed by atoms with Crippen LogP contribution < -0.4 is 10.6 Å². The number of ketones is 1. The summed E-state index contributed by atoms with van der Waals surface area (Å²) in [6.45, 7) is -0.605. The van der Waals surface area contributed by atoms with Crippen molar-refractivity contribution in [1.29, 1.82) is 0 Å². The molecule has 3 rings (SSSR count). The second kappa shape index (κ2) is 10.3. The van der Waals surface area contributed by atoms with Crippen LogP contribution in [0.4, 0.5) is 5.69 Å². The molecule has 1 aliphatic heterocycles. The van der Waals surface area contributed by atoms with Gasteiger partial charge in [0.15, 0.2) is 18.1 Å². The first kappa shape index (κ1) is 22.6. The summed E-state index contributed by atoms with van der Waals surface area (Å²) in [6, 6.07) is 12.8. The maximum Gasteiger partial charge on any atom is 0.313 e. The Morgan fingerprint density at radius 3 is 2.38 bits per heavy atom. The molecule has 32 heavy (non-hydrogen) atoms. The monoisotopic (exact) mass is 441 g/mol. The summed E-state index contributed by atoms with van der Waals surface area (Å²) in [6.07, 6.45) is -1.44. The van der Waals surface area contributed by atoms with Gasteiger partial charge in [-0.15, -0.1) is 0 Å². The third-order valence-corrected chi connectivity index (χ3v) is 4.50. The van der Waals surface area contributed by atoms with E-state index in [-0.39, 0.29) is 12.3 Å². The number of hydrogen-bond acceptors (Lipinski definition) is 8. The van der Waals surface area contributed by atoms with E-state index in [0.29, 0.717) is 11.1 Å². The number of nitrogens with one attached hydrogen (secondary N) is 2. The second-order valence-electron chi connectivity index (χ2n) is 6.86. The zero-order valence-corrected chi connectivity index (χ0v) is 16.7. The summed E-state index contributed by atoms with van der Waals surface area (Å²) in [5, 5.41) is 15.6. The molecule has 2 amide bonds. The minimum atomic E-state index is -0.954. The number of rotatable bonds is 10. The molecule has 2 atom stereocenters. The molecular weight excluding hydrogens is 422 g/mol. The molecule has 2 aromatic carbocycles. The second-order valence-corrected chi connectivity index (χ2v) is 6.86. The summed E-state index contributed by atoms with van der Waals surface area (Å²) in [7, 11) is 0. The Kier molecular flexibility index (Phi) is 7.24. The standard InChI is InChI=1S/C21H19N3O8/c25-16(10-17(26)31-11-13-6-8-15(9-7-13)24(29)30)12-32-21-18(20(28)23-21)22-19(27)14-4-2-1-3-5-14/h1-9,18,21H,10-12H2,(H,22,27)(H,23,28)/t18-,21+/m0/s1. The Hall–Kier alpha value is -4.12. The van der Waals surface area contributed by atoms with E-state index in [1.165, 1.54) is 24.3 Å². The van der Waals surface area contributed by atoms with Crippen LogP contribution in [0.25, 0.3) is 0 Å². The fourth-order valence-corrected chi connectivity index (χ4v) is 2.77. The van der Waals surface area contributed by atoms with Crippen LogP contribution in [0.15, 0.2) is 54.6 Å². The average molecular weight is 441 g/mol. The maximum atomic E-state index is 12.2. The molecule has 1 aliphatic rings. The Balaban J connectivity index is 1.39. The zero-order chi connectivity index (χ0) is 23.1. The predicted molar refractivity (Wildman–Crippen MR) is 108 cm³/mol. The number of β-lactam (4-membered cyclic amide) rings is 1. The van der Waals surface area contributed by atoms with Gasteiger partial charge in [0.1, 0.15) is 19.6 Å². The van der Waals surface area contributed by atoms with Gasteiger partial charge in [0, 0.05) is 17.7 Å². The van der Waals surface area contributed by atoms with Crippen molar-refractivity contribution in [3.8, 4) is 0 Å². The molecule has 166 valence electrons. The summed E-state index contributed by atoms with van der Waals surface area (Å²) in [4.78, 5) is 57.7. The normalized spacial score (nSPS) is 16.9. The van der Waals surface area contributed by atoms with Crippen molar-refractivity contribution in [1.82, 2.24) is 10.6 Å². The molecule has 1 fully saturated rings. The van der Waals surface area contributed by atoms with Crippen LogP contribution in [0.3, 0.4) is 0 Å². The van der Waals surface area contributed by atoms with Crippen LogP contribution in [0, 0.1) is 10.1 Å². The lowest BCUT2D eigenvalue weighted by molar-refractivity contribution is -0.384. The van der Waals surface area contributed by atoms with Gasteiger partial charge >= 0.3 is 5.97 Å². The number of hydrogen-bond donors (Lipinski definition) is 2. The molecule has 0 bridgehead atoms. The highest BCUT2D eigenvalue weighted by molar-refractivity contribution is 6.00. The molecule has 0 saturated carbocycles. The van der Waals surface area contributed by atoms with Gasteiger partial charge in [-0.1, -0.05) is 18.2 Å². The van der Waals surface area contributed by atoms with Crippen LogP contribution in [0.2, 0.25) is 0 Å². The minimum absolute atomic E-state index is 0.0891. The number of ether oxygens (including phenoxy) is 2. The first-order valence-electron chi connectivity index (χ1n) is 9.52. The number of carbonyl (C=O) groups is 4. The minimum Gasteiger partial charge on any atom is -0.460 e. The van der Waals surface area contributed by atoms with E-state index in [1.807, 2.05) is 0 Å².